The first kappa shape index (κ1) is 16.1. The fourth-order valence-electron chi connectivity index (χ4n) is 1.22. The lowest BCUT2D eigenvalue weighted by molar-refractivity contribution is 0.277. The average molecular weight is 257 g/mol. The first-order chi connectivity index (χ1) is 8.68. The van der Waals surface area contributed by atoms with Crippen molar-refractivity contribution in [3.63, 3.8) is 0 Å². The molecule has 0 fully saturated rings. The fourth-order valence-corrected chi connectivity index (χ4v) is 1.22. The van der Waals surface area contributed by atoms with Crippen molar-refractivity contribution in [3.8, 4) is 17.2 Å². The van der Waals surface area contributed by atoms with Crippen molar-refractivity contribution in [2.75, 3.05) is 35.5 Å². The van der Waals surface area contributed by atoms with Crippen molar-refractivity contribution in [1.82, 2.24) is 0 Å². The highest BCUT2D eigenvalue weighted by atomic mass is 16.5. The van der Waals surface area contributed by atoms with Crippen LogP contribution in [0.3, 0.4) is 0 Å². The van der Waals surface area contributed by atoms with Crippen LogP contribution in [0.4, 0.5) is 0 Å². The lowest BCUT2D eigenvalue weighted by Crippen LogP contribution is -1.97. The van der Waals surface area contributed by atoms with E-state index in [9.17, 15) is 0 Å². The van der Waals surface area contributed by atoms with Crippen LogP contribution in [0.2, 0.25) is 0 Å². The highest BCUT2D eigenvalue weighted by Crippen LogP contribution is 2.32. The monoisotopic (exact) mass is 257 g/mol. The molecular formula is C12H19NO5. The van der Waals surface area contributed by atoms with Crippen LogP contribution >= 0.6 is 0 Å². The van der Waals surface area contributed by atoms with Gasteiger partial charge in [0.1, 0.15) is 17.2 Å². The number of methoxy groups -OCH3 is 4. The maximum Gasteiger partial charge on any atom is 0.135 e. The zero-order valence-electron chi connectivity index (χ0n) is 11.3. The Morgan fingerprint density at radius 1 is 0.944 bits per heavy atom. The maximum atomic E-state index is 8.51. The Hall–Kier alpha value is -1.95. The second-order valence-electron chi connectivity index (χ2n) is 3.10. The average Bonchev–Trinajstić information content (AvgIpc) is 2.40. The van der Waals surface area contributed by atoms with Gasteiger partial charge < -0.3 is 24.2 Å². The van der Waals surface area contributed by atoms with Crippen LogP contribution in [0.1, 0.15) is 5.56 Å². The van der Waals surface area contributed by atoms with Crippen LogP contribution in [-0.4, -0.2) is 47.0 Å². The molecule has 0 spiro atoms. The van der Waals surface area contributed by atoms with Gasteiger partial charge in [0.05, 0.1) is 33.1 Å². The van der Waals surface area contributed by atoms with Gasteiger partial charge in [0.2, 0.25) is 0 Å². The Kier molecular flexibility index (Phi) is 8.13. The SMILES string of the molecule is COC.COc1cc(OC)c(C=NO)c(OC)c1. The Morgan fingerprint density at radius 2 is 1.39 bits per heavy atom. The molecule has 0 aliphatic carbocycles. The summed E-state index contributed by atoms with van der Waals surface area (Å²) in [7, 11) is 7.83. The van der Waals surface area contributed by atoms with E-state index in [4.69, 9.17) is 19.4 Å². The van der Waals surface area contributed by atoms with Gasteiger partial charge in [-0.3, -0.25) is 0 Å². The summed E-state index contributed by atoms with van der Waals surface area (Å²) < 4.78 is 19.6. The predicted molar refractivity (Wildman–Crippen MR) is 68.4 cm³/mol. The lowest BCUT2D eigenvalue weighted by Gasteiger charge is -2.11. The molecule has 6 heteroatoms. The minimum atomic E-state index is 0.518. The Balaban J connectivity index is 0.000000873. The summed E-state index contributed by atoms with van der Waals surface area (Å²) >= 11 is 0. The summed E-state index contributed by atoms with van der Waals surface area (Å²) in [6.07, 6.45) is 1.25. The van der Waals surface area contributed by atoms with Gasteiger partial charge in [-0.25, -0.2) is 0 Å². The number of rotatable bonds is 4. The topological polar surface area (TPSA) is 69.5 Å². The second-order valence-corrected chi connectivity index (χ2v) is 3.10. The summed E-state index contributed by atoms with van der Waals surface area (Å²) in [6, 6.07) is 3.36. The van der Waals surface area contributed by atoms with Crippen LogP contribution < -0.4 is 14.2 Å². The molecule has 1 aromatic rings. The summed E-state index contributed by atoms with van der Waals surface area (Å²) in [6.45, 7) is 0. The molecule has 0 bridgehead atoms. The van der Waals surface area contributed by atoms with Crippen molar-refractivity contribution in [2.45, 2.75) is 0 Å². The van der Waals surface area contributed by atoms with E-state index in [1.54, 1.807) is 33.5 Å². The molecule has 0 heterocycles. The van der Waals surface area contributed by atoms with Crippen molar-refractivity contribution in [3.05, 3.63) is 17.7 Å². The van der Waals surface area contributed by atoms with Gasteiger partial charge in [-0.2, -0.15) is 0 Å². The molecule has 0 aliphatic rings. The molecule has 0 atom stereocenters. The highest BCUT2D eigenvalue weighted by molar-refractivity contribution is 5.87. The minimum Gasteiger partial charge on any atom is -0.496 e. The number of oxime groups is 1. The van der Waals surface area contributed by atoms with Gasteiger partial charge in [0, 0.05) is 26.4 Å². The van der Waals surface area contributed by atoms with E-state index in [1.165, 1.54) is 20.4 Å². The smallest absolute Gasteiger partial charge is 0.135 e. The molecule has 0 unspecified atom stereocenters. The molecule has 0 aromatic heterocycles. The molecule has 1 aromatic carbocycles. The van der Waals surface area contributed by atoms with E-state index in [-0.39, 0.29) is 0 Å². The molecular weight excluding hydrogens is 238 g/mol. The predicted octanol–water partition coefficient (Wildman–Crippen LogP) is 1.78. The first-order valence-electron chi connectivity index (χ1n) is 5.06. The Labute approximate surface area is 107 Å². The van der Waals surface area contributed by atoms with E-state index in [0.29, 0.717) is 22.8 Å². The summed E-state index contributed by atoms with van der Waals surface area (Å²) in [5, 5.41) is 11.5. The molecule has 6 nitrogen and oxygen atoms in total. The molecule has 0 radical (unpaired) electrons. The van der Waals surface area contributed by atoms with Gasteiger partial charge in [0.15, 0.2) is 0 Å². The van der Waals surface area contributed by atoms with E-state index in [0.717, 1.165) is 0 Å². The van der Waals surface area contributed by atoms with E-state index in [2.05, 4.69) is 9.89 Å². The zero-order valence-corrected chi connectivity index (χ0v) is 11.3. The molecule has 102 valence electrons. The molecule has 0 aliphatic heterocycles. The van der Waals surface area contributed by atoms with Gasteiger partial charge in [-0.15, -0.1) is 0 Å². The molecule has 18 heavy (non-hydrogen) atoms. The number of hydrogen-bond acceptors (Lipinski definition) is 6. The first-order valence-corrected chi connectivity index (χ1v) is 5.06. The quantitative estimate of drug-likeness (QED) is 0.506. The van der Waals surface area contributed by atoms with E-state index in [1.807, 2.05) is 0 Å². The third-order valence-electron chi connectivity index (χ3n) is 1.94. The standard InChI is InChI=1S/C10H13NO4.C2H6O/c1-13-7-4-9(14-2)8(6-11-12)10(5-7)15-3;1-3-2/h4-6,12H,1-3H3;1-2H3. The maximum absolute atomic E-state index is 8.51. The largest absolute Gasteiger partial charge is 0.496 e. The van der Waals surface area contributed by atoms with Crippen LogP contribution in [0, 0.1) is 0 Å². The number of ether oxygens (including phenoxy) is 4. The zero-order chi connectivity index (χ0) is 14.0. The lowest BCUT2D eigenvalue weighted by atomic mass is 10.2. The van der Waals surface area contributed by atoms with Crippen LogP contribution in [0.25, 0.3) is 0 Å². The van der Waals surface area contributed by atoms with Gasteiger partial charge in [-0.05, 0) is 0 Å². The highest BCUT2D eigenvalue weighted by Gasteiger charge is 2.11. The second kappa shape index (κ2) is 9.12. The summed E-state index contributed by atoms with van der Waals surface area (Å²) in [5.41, 5.74) is 0.559. The third-order valence-corrected chi connectivity index (χ3v) is 1.94. The molecule has 0 saturated carbocycles. The Bertz CT molecular complexity index is 354. The third kappa shape index (κ3) is 4.50. The molecule has 0 amide bonds. The molecule has 0 saturated heterocycles. The van der Waals surface area contributed by atoms with Crippen LogP contribution in [0.15, 0.2) is 17.3 Å². The van der Waals surface area contributed by atoms with Crippen molar-refractivity contribution >= 4 is 6.21 Å². The van der Waals surface area contributed by atoms with E-state index < -0.39 is 0 Å². The normalized spacial score (nSPS) is 9.61. The van der Waals surface area contributed by atoms with Crippen LogP contribution in [0.5, 0.6) is 17.2 Å². The molecule has 1 rings (SSSR count). The molecule has 1 N–H and O–H groups in total. The summed E-state index contributed by atoms with van der Waals surface area (Å²) in [4.78, 5) is 0. The van der Waals surface area contributed by atoms with Crippen molar-refractivity contribution in [1.29, 1.82) is 0 Å². The Morgan fingerprint density at radius 3 is 1.67 bits per heavy atom. The summed E-state index contributed by atoms with van der Waals surface area (Å²) in [5.74, 6) is 1.65. The van der Waals surface area contributed by atoms with Crippen LogP contribution in [-0.2, 0) is 4.74 Å². The number of hydrogen-bond donors (Lipinski definition) is 1. The minimum absolute atomic E-state index is 0.518. The van der Waals surface area contributed by atoms with Crippen molar-refractivity contribution < 1.29 is 24.2 Å². The van der Waals surface area contributed by atoms with E-state index >= 15 is 0 Å². The van der Waals surface area contributed by atoms with Gasteiger partial charge in [-0.1, -0.05) is 5.16 Å². The van der Waals surface area contributed by atoms with Gasteiger partial charge >= 0.3 is 0 Å². The fraction of sp³-hybridized carbons (Fsp3) is 0.417. The van der Waals surface area contributed by atoms with Gasteiger partial charge in [0.25, 0.3) is 0 Å². The van der Waals surface area contributed by atoms with Crippen molar-refractivity contribution in [2.24, 2.45) is 5.16 Å². The number of nitrogens with zero attached hydrogens (tertiary/aromatic N) is 1. The number of benzene rings is 1.